The van der Waals surface area contributed by atoms with Crippen LogP contribution in [0.4, 0.5) is 0 Å². The molecule has 0 aromatic carbocycles. The Kier molecular flexibility index (Phi) is 2.68. The average Bonchev–Trinajstić information content (AvgIpc) is 2.94. The quantitative estimate of drug-likeness (QED) is 0.563. The molecule has 20 heavy (non-hydrogen) atoms. The summed E-state index contributed by atoms with van der Waals surface area (Å²) in [6.45, 7) is 5.15. The van der Waals surface area contributed by atoms with Gasteiger partial charge in [-0.2, -0.15) is 0 Å². The number of hydrogen-bond acceptors (Lipinski definition) is 3. The highest BCUT2D eigenvalue weighted by molar-refractivity contribution is 6.10. The second-order valence-corrected chi connectivity index (χ2v) is 7.87. The number of carbonyl (C=O) groups is 2. The molecule has 3 heterocycles. The van der Waals surface area contributed by atoms with Gasteiger partial charge in [0.1, 0.15) is 0 Å². The molecule has 3 fully saturated rings. The molecule has 0 N–H and O–H groups in total. The lowest BCUT2D eigenvalue weighted by Gasteiger charge is -2.36. The number of fused-ring (bicyclic) bond motifs is 5. The summed E-state index contributed by atoms with van der Waals surface area (Å²) < 4.78 is 6.65. The van der Waals surface area contributed by atoms with Crippen LogP contribution in [0.3, 0.4) is 0 Å². The number of likely N-dealkylation sites (tertiary alicyclic amines) is 1. The highest BCUT2D eigenvalue weighted by Gasteiger charge is 2.76. The molecule has 0 aromatic heterocycles. The van der Waals surface area contributed by atoms with Crippen LogP contribution in [-0.2, 0) is 14.3 Å². The Balaban J connectivity index is 1.91. The maximum Gasteiger partial charge on any atom is 0.239 e. The molecule has 5 heteroatoms. The molecule has 3 saturated heterocycles. The Labute approximate surface area is 120 Å². The SMILES string of the molecule is C[C@@]12C(=O)N(CC[N+](C)(C)C)C(=O)[C@]1(C)[C@H]1CC[C@@H]2O1. The number of likely N-dealkylation sites (N-methyl/N-ethyl adjacent to an activating group) is 1. The van der Waals surface area contributed by atoms with Gasteiger partial charge in [0, 0.05) is 0 Å². The van der Waals surface area contributed by atoms with Gasteiger partial charge in [0.15, 0.2) is 0 Å². The predicted octanol–water partition coefficient (Wildman–Crippen LogP) is 0.635. The molecule has 3 aliphatic heterocycles. The first-order valence-corrected chi connectivity index (χ1v) is 7.44. The Bertz CT molecular complexity index is 450. The summed E-state index contributed by atoms with van der Waals surface area (Å²) in [7, 11) is 6.21. The molecule has 0 unspecified atom stereocenters. The summed E-state index contributed by atoms with van der Waals surface area (Å²) in [5.41, 5.74) is -1.31. The van der Waals surface area contributed by atoms with Crippen LogP contribution in [0.1, 0.15) is 26.7 Å². The molecular formula is C15H25N2O3+. The molecule has 112 valence electrons. The third-order valence-electron chi connectivity index (χ3n) is 5.76. The van der Waals surface area contributed by atoms with Crippen molar-refractivity contribution >= 4 is 11.8 Å². The van der Waals surface area contributed by atoms with Gasteiger partial charge in [0.05, 0.1) is 57.3 Å². The molecule has 2 bridgehead atoms. The van der Waals surface area contributed by atoms with E-state index < -0.39 is 10.8 Å². The van der Waals surface area contributed by atoms with E-state index in [0.717, 1.165) is 23.9 Å². The van der Waals surface area contributed by atoms with Crippen molar-refractivity contribution in [2.45, 2.75) is 38.9 Å². The summed E-state index contributed by atoms with van der Waals surface area (Å²) in [5.74, 6) is -0.0451. The van der Waals surface area contributed by atoms with Gasteiger partial charge < -0.3 is 9.22 Å². The number of rotatable bonds is 3. The van der Waals surface area contributed by atoms with Crippen LogP contribution in [0.2, 0.25) is 0 Å². The van der Waals surface area contributed by atoms with E-state index in [1.807, 2.05) is 13.8 Å². The predicted molar refractivity (Wildman–Crippen MR) is 73.7 cm³/mol. The van der Waals surface area contributed by atoms with Crippen LogP contribution >= 0.6 is 0 Å². The molecule has 4 atom stereocenters. The van der Waals surface area contributed by atoms with Crippen LogP contribution in [0.15, 0.2) is 0 Å². The van der Waals surface area contributed by atoms with Gasteiger partial charge in [-0.15, -0.1) is 0 Å². The molecule has 3 rings (SSSR count). The summed E-state index contributed by atoms with van der Waals surface area (Å²) in [6.07, 6.45) is 1.64. The van der Waals surface area contributed by atoms with Crippen LogP contribution < -0.4 is 0 Å². The smallest absolute Gasteiger partial charge is 0.239 e. The van der Waals surface area contributed by atoms with Crippen molar-refractivity contribution in [2.75, 3.05) is 34.2 Å². The Morgan fingerprint density at radius 2 is 1.55 bits per heavy atom. The van der Waals surface area contributed by atoms with E-state index >= 15 is 0 Å². The van der Waals surface area contributed by atoms with Gasteiger partial charge in [-0.25, -0.2) is 0 Å². The summed E-state index contributed by atoms with van der Waals surface area (Å²) >= 11 is 0. The Morgan fingerprint density at radius 1 is 1.10 bits per heavy atom. The van der Waals surface area contributed by atoms with Gasteiger partial charge in [-0.1, -0.05) is 0 Å². The Morgan fingerprint density at radius 3 is 1.95 bits per heavy atom. The number of nitrogens with zero attached hydrogens (tertiary/aromatic N) is 2. The lowest BCUT2D eigenvalue weighted by atomic mass is 9.59. The summed E-state index contributed by atoms with van der Waals surface area (Å²) in [4.78, 5) is 27.2. The molecule has 0 radical (unpaired) electrons. The van der Waals surface area contributed by atoms with Gasteiger partial charge in [-0.05, 0) is 26.7 Å². The number of carbonyl (C=O) groups excluding carboxylic acids is 2. The zero-order valence-corrected chi connectivity index (χ0v) is 13.1. The maximum atomic E-state index is 12.8. The van der Waals surface area contributed by atoms with Crippen molar-refractivity contribution in [3.63, 3.8) is 0 Å². The standard InChI is InChI=1S/C15H25N2O3/c1-14-10-6-7-11(20-10)15(14,2)13(19)16(12(14)18)8-9-17(3,4)5/h10-11H,6-9H2,1-5H3/q+1/t10-,11+,14+,15-. The topological polar surface area (TPSA) is 46.6 Å². The molecule has 5 nitrogen and oxygen atoms in total. The number of hydrogen-bond donors (Lipinski definition) is 0. The number of imide groups is 1. The lowest BCUT2D eigenvalue weighted by Crippen LogP contribution is -2.48. The molecule has 0 aliphatic carbocycles. The largest absolute Gasteiger partial charge is 0.373 e. The number of amides is 2. The zero-order chi connectivity index (χ0) is 14.9. The maximum absolute atomic E-state index is 12.8. The molecule has 3 aliphatic rings. The van der Waals surface area contributed by atoms with Gasteiger partial charge in [0.25, 0.3) is 0 Å². The van der Waals surface area contributed by atoms with Crippen molar-refractivity contribution in [1.29, 1.82) is 0 Å². The van der Waals surface area contributed by atoms with Crippen LogP contribution in [0, 0.1) is 10.8 Å². The average molecular weight is 281 g/mol. The molecule has 0 aromatic rings. The first-order valence-electron chi connectivity index (χ1n) is 7.44. The van der Waals surface area contributed by atoms with Crippen LogP contribution in [0.5, 0.6) is 0 Å². The minimum Gasteiger partial charge on any atom is -0.373 e. The third kappa shape index (κ3) is 1.45. The highest BCUT2D eigenvalue weighted by Crippen LogP contribution is 2.64. The van der Waals surface area contributed by atoms with Crippen LogP contribution in [-0.4, -0.2) is 67.6 Å². The highest BCUT2D eigenvalue weighted by atomic mass is 16.5. The van der Waals surface area contributed by atoms with Crippen molar-refractivity contribution in [2.24, 2.45) is 10.8 Å². The van der Waals surface area contributed by atoms with E-state index in [2.05, 4.69) is 21.1 Å². The fourth-order valence-electron chi connectivity index (χ4n) is 4.13. The minimum absolute atomic E-state index is 0.0225. The van der Waals surface area contributed by atoms with E-state index in [-0.39, 0.29) is 24.0 Å². The summed E-state index contributed by atoms with van der Waals surface area (Å²) in [6, 6.07) is 0. The first kappa shape index (κ1) is 14.0. The number of ether oxygens (including phenoxy) is 1. The van der Waals surface area contributed by atoms with E-state index in [4.69, 9.17) is 4.74 Å². The third-order valence-corrected chi connectivity index (χ3v) is 5.76. The van der Waals surface area contributed by atoms with Crippen molar-refractivity contribution in [1.82, 2.24) is 4.90 Å². The van der Waals surface area contributed by atoms with E-state index in [0.29, 0.717) is 6.54 Å². The van der Waals surface area contributed by atoms with E-state index in [1.54, 1.807) is 0 Å². The molecule has 0 saturated carbocycles. The minimum atomic E-state index is -0.655. The summed E-state index contributed by atoms with van der Waals surface area (Å²) in [5, 5.41) is 0. The first-order chi connectivity index (χ1) is 9.12. The zero-order valence-electron chi connectivity index (χ0n) is 13.1. The second-order valence-electron chi connectivity index (χ2n) is 7.87. The second kappa shape index (κ2) is 3.83. The van der Waals surface area contributed by atoms with Crippen molar-refractivity contribution < 1.29 is 18.8 Å². The van der Waals surface area contributed by atoms with Crippen molar-refractivity contribution in [3.05, 3.63) is 0 Å². The molecular weight excluding hydrogens is 256 g/mol. The monoisotopic (exact) mass is 281 g/mol. The fraction of sp³-hybridized carbons (Fsp3) is 0.867. The van der Waals surface area contributed by atoms with E-state index in [1.165, 1.54) is 4.90 Å². The van der Waals surface area contributed by atoms with Crippen LogP contribution in [0.25, 0.3) is 0 Å². The van der Waals surface area contributed by atoms with Crippen molar-refractivity contribution in [3.8, 4) is 0 Å². The van der Waals surface area contributed by atoms with Gasteiger partial charge in [-0.3, -0.25) is 14.5 Å². The van der Waals surface area contributed by atoms with Gasteiger partial charge >= 0.3 is 0 Å². The fourth-order valence-corrected chi connectivity index (χ4v) is 4.13. The number of quaternary nitrogens is 1. The molecule has 2 amide bonds. The Hall–Kier alpha value is -0.940. The lowest BCUT2D eigenvalue weighted by molar-refractivity contribution is -0.869. The normalized spacial score (nSPS) is 43.5. The van der Waals surface area contributed by atoms with Gasteiger partial charge in [0.2, 0.25) is 11.8 Å². The van der Waals surface area contributed by atoms with E-state index in [9.17, 15) is 9.59 Å². The molecule has 0 spiro atoms.